The Morgan fingerprint density at radius 3 is 2.11 bits per heavy atom. The molecule has 1 nitrogen and oxygen atoms in total. The number of rotatable bonds is 0. The monoisotopic (exact) mass is 215 g/mol. The van der Waals surface area contributed by atoms with E-state index in [0.29, 0.717) is 0 Å². The van der Waals surface area contributed by atoms with Crippen molar-refractivity contribution < 1.29 is 32.7 Å². The summed E-state index contributed by atoms with van der Waals surface area (Å²) < 4.78 is 0. The average Bonchev–Trinajstić information content (AvgIpc) is 1.98. The third-order valence-corrected chi connectivity index (χ3v) is 2.18. The predicted molar refractivity (Wildman–Crippen MR) is 37.0 cm³/mol. The molecule has 0 bridgehead atoms. The van der Waals surface area contributed by atoms with Crippen molar-refractivity contribution in [1.82, 2.24) is 0 Å². The van der Waals surface area contributed by atoms with Crippen LogP contribution in [0.1, 0.15) is 11.1 Å². The fourth-order valence-electron chi connectivity index (χ4n) is 0.469. The predicted octanol–water partition coefficient (Wildman–Crippen LogP) is 1.74. The summed E-state index contributed by atoms with van der Waals surface area (Å²) in [5.74, 6) is 0. The molecule has 0 atom stereocenters. The fraction of sp³-hybridized carbons (Fsp3) is 0.333. The van der Waals surface area contributed by atoms with Crippen LogP contribution < -0.4 is 5.73 Å². The Hall–Kier alpha value is 0.604. The summed E-state index contributed by atoms with van der Waals surface area (Å²) in [4.78, 5) is 0. The van der Waals surface area contributed by atoms with E-state index in [1.165, 1.54) is 22.5 Å². The van der Waals surface area contributed by atoms with Gasteiger partial charge < -0.3 is 5.73 Å². The zero-order valence-electron chi connectivity index (χ0n) is 5.56. The molecule has 0 saturated heterocycles. The van der Waals surface area contributed by atoms with Gasteiger partial charge in [-0.25, -0.2) is 0 Å². The Morgan fingerprint density at radius 1 is 1.44 bits per heavy atom. The number of thiophene rings is 1. The molecule has 0 aliphatic carbocycles. The molecular formula is C6H8NSY-. The van der Waals surface area contributed by atoms with E-state index in [9.17, 15) is 0 Å². The molecule has 0 spiro atoms. The van der Waals surface area contributed by atoms with Crippen LogP contribution in [0.3, 0.4) is 0 Å². The Bertz CT molecular complexity index is 175. The molecule has 0 aromatic carbocycles. The second-order valence-electron chi connectivity index (χ2n) is 1.82. The zero-order chi connectivity index (χ0) is 6.15. The van der Waals surface area contributed by atoms with Gasteiger partial charge in [0, 0.05) is 32.7 Å². The first kappa shape index (κ1) is 9.60. The van der Waals surface area contributed by atoms with E-state index >= 15 is 0 Å². The van der Waals surface area contributed by atoms with Crippen LogP contribution in [0.25, 0.3) is 0 Å². The molecule has 9 heavy (non-hydrogen) atoms. The van der Waals surface area contributed by atoms with Crippen LogP contribution >= 0.6 is 11.3 Å². The van der Waals surface area contributed by atoms with E-state index in [2.05, 4.69) is 5.38 Å². The summed E-state index contributed by atoms with van der Waals surface area (Å²) in [5.41, 5.74) is 7.88. The smallest absolute Gasteiger partial charge is 0 e. The SMILES string of the molecule is Cc1[c-]sc(N)c1C.[Y]. The number of hydrogen-bond donors (Lipinski definition) is 1. The van der Waals surface area contributed by atoms with Crippen molar-refractivity contribution in [3.05, 3.63) is 16.5 Å². The van der Waals surface area contributed by atoms with E-state index in [4.69, 9.17) is 5.73 Å². The quantitative estimate of drug-likeness (QED) is 0.655. The first-order chi connectivity index (χ1) is 3.72. The van der Waals surface area contributed by atoms with Crippen molar-refractivity contribution in [2.24, 2.45) is 0 Å². The van der Waals surface area contributed by atoms with E-state index in [0.717, 1.165) is 5.00 Å². The summed E-state index contributed by atoms with van der Waals surface area (Å²) in [6.07, 6.45) is 0. The molecule has 1 aromatic heterocycles. The summed E-state index contributed by atoms with van der Waals surface area (Å²) in [7, 11) is 0. The van der Waals surface area contributed by atoms with Crippen LogP contribution in [-0.2, 0) is 32.7 Å². The van der Waals surface area contributed by atoms with Crippen molar-refractivity contribution >= 4 is 16.3 Å². The summed E-state index contributed by atoms with van der Waals surface area (Å²) >= 11 is 1.48. The van der Waals surface area contributed by atoms with E-state index in [1.54, 1.807) is 0 Å². The van der Waals surface area contributed by atoms with Crippen molar-refractivity contribution in [2.45, 2.75) is 13.8 Å². The number of aryl methyl sites for hydroxylation is 1. The van der Waals surface area contributed by atoms with Gasteiger partial charge in [0.05, 0.1) is 0 Å². The molecular weight excluding hydrogens is 207 g/mol. The second-order valence-corrected chi connectivity index (χ2v) is 2.67. The normalized spacial score (nSPS) is 8.67. The van der Waals surface area contributed by atoms with Gasteiger partial charge >= 0.3 is 0 Å². The van der Waals surface area contributed by atoms with Gasteiger partial charge in [0.25, 0.3) is 0 Å². The van der Waals surface area contributed by atoms with Crippen LogP contribution in [0, 0.1) is 19.2 Å². The number of hydrogen-bond acceptors (Lipinski definition) is 2. The van der Waals surface area contributed by atoms with E-state index in [1.807, 2.05) is 13.8 Å². The third kappa shape index (κ3) is 2.03. The number of nitrogens with two attached hydrogens (primary N) is 1. The standard InChI is InChI=1S/C6H8NS.Y/c1-4-3-8-6(7)5(4)2;/h7H2,1-2H3;/q-1;. The minimum Gasteiger partial charge on any atom is -0.450 e. The summed E-state index contributed by atoms with van der Waals surface area (Å²) in [6.45, 7) is 4.03. The molecule has 0 amide bonds. The van der Waals surface area contributed by atoms with Crippen LogP contribution in [0.4, 0.5) is 5.00 Å². The van der Waals surface area contributed by atoms with Gasteiger partial charge in [0.15, 0.2) is 0 Å². The molecule has 1 rings (SSSR count). The molecule has 3 heteroatoms. The first-order valence-corrected chi connectivity index (χ1v) is 3.26. The third-order valence-electron chi connectivity index (χ3n) is 1.25. The molecule has 0 fully saturated rings. The molecule has 0 saturated carbocycles. The molecule has 1 aromatic rings. The Labute approximate surface area is 84.5 Å². The van der Waals surface area contributed by atoms with Gasteiger partial charge in [0.1, 0.15) is 0 Å². The van der Waals surface area contributed by atoms with Gasteiger partial charge in [-0.2, -0.15) is 11.1 Å². The molecule has 47 valence electrons. The Kier molecular flexibility index (Phi) is 3.94. The maximum atomic E-state index is 5.53. The minimum atomic E-state index is 0. The van der Waals surface area contributed by atoms with Gasteiger partial charge in [0.2, 0.25) is 0 Å². The number of nitrogen functional groups attached to an aromatic ring is 1. The van der Waals surface area contributed by atoms with Crippen molar-refractivity contribution in [2.75, 3.05) is 5.73 Å². The van der Waals surface area contributed by atoms with Crippen LogP contribution in [0.2, 0.25) is 0 Å². The zero-order valence-corrected chi connectivity index (χ0v) is 9.22. The minimum absolute atomic E-state index is 0. The Balaban J connectivity index is 0.000000640. The van der Waals surface area contributed by atoms with E-state index < -0.39 is 0 Å². The molecule has 1 heterocycles. The van der Waals surface area contributed by atoms with Gasteiger partial charge in [-0.15, -0.1) is 5.38 Å². The number of anilines is 1. The molecule has 2 N–H and O–H groups in total. The second kappa shape index (κ2) is 3.69. The maximum Gasteiger partial charge on any atom is 0 e. The molecule has 0 aliphatic rings. The van der Waals surface area contributed by atoms with Crippen molar-refractivity contribution in [3.8, 4) is 0 Å². The van der Waals surface area contributed by atoms with Gasteiger partial charge in [-0.3, -0.25) is 11.3 Å². The van der Waals surface area contributed by atoms with Crippen LogP contribution in [0.15, 0.2) is 0 Å². The average molecular weight is 215 g/mol. The van der Waals surface area contributed by atoms with Crippen molar-refractivity contribution in [3.63, 3.8) is 0 Å². The molecule has 0 aliphatic heterocycles. The van der Waals surface area contributed by atoms with E-state index in [-0.39, 0.29) is 32.7 Å². The maximum absolute atomic E-state index is 5.53. The largest absolute Gasteiger partial charge is 0.450 e. The van der Waals surface area contributed by atoms with Gasteiger partial charge in [-0.1, -0.05) is 18.8 Å². The molecule has 1 radical (unpaired) electrons. The summed E-state index contributed by atoms with van der Waals surface area (Å²) in [6, 6.07) is 0. The topological polar surface area (TPSA) is 26.0 Å². The van der Waals surface area contributed by atoms with Crippen LogP contribution in [0.5, 0.6) is 0 Å². The van der Waals surface area contributed by atoms with Gasteiger partial charge in [-0.05, 0) is 0 Å². The fourth-order valence-corrected chi connectivity index (χ4v) is 1.19. The summed E-state index contributed by atoms with van der Waals surface area (Å²) in [5, 5.41) is 3.94. The Morgan fingerprint density at radius 2 is 2.00 bits per heavy atom. The first-order valence-electron chi connectivity index (χ1n) is 2.45. The molecule has 0 unspecified atom stereocenters. The van der Waals surface area contributed by atoms with Crippen molar-refractivity contribution in [1.29, 1.82) is 0 Å². The van der Waals surface area contributed by atoms with Crippen LogP contribution in [-0.4, -0.2) is 0 Å².